The molecule has 0 radical (unpaired) electrons. The highest BCUT2D eigenvalue weighted by Gasteiger charge is 2.22. The number of rotatable bonds is 8. The Labute approximate surface area is 147 Å². The van der Waals surface area contributed by atoms with Crippen molar-refractivity contribution in [2.45, 2.75) is 25.4 Å². The summed E-state index contributed by atoms with van der Waals surface area (Å²) < 4.78 is 0. The molecule has 1 unspecified atom stereocenters. The molecule has 2 rings (SSSR count). The van der Waals surface area contributed by atoms with Gasteiger partial charge in [-0.3, -0.25) is 9.59 Å². The van der Waals surface area contributed by atoms with E-state index in [1.165, 1.54) is 0 Å². The Morgan fingerprint density at radius 2 is 1.64 bits per heavy atom. The number of nitrogens with two attached hydrogens (primary N) is 2. The van der Waals surface area contributed by atoms with Crippen LogP contribution >= 0.6 is 0 Å². The smallest absolute Gasteiger partial charge is 0.240 e. The van der Waals surface area contributed by atoms with Crippen molar-refractivity contribution in [2.75, 3.05) is 6.54 Å². The van der Waals surface area contributed by atoms with Crippen molar-refractivity contribution in [2.24, 2.45) is 11.5 Å². The second kappa shape index (κ2) is 8.84. The Morgan fingerprint density at radius 3 is 2.24 bits per heavy atom. The molecular formula is C19H23N3O3. The molecule has 0 heterocycles. The summed E-state index contributed by atoms with van der Waals surface area (Å²) in [4.78, 5) is 25.4. The number of hydrogen-bond donors (Lipinski definition) is 3. The quantitative estimate of drug-likeness (QED) is 0.669. The number of primary amides is 1. The van der Waals surface area contributed by atoms with Crippen molar-refractivity contribution in [1.82, 2.24) is 4.90 Å². The Bertz CT molecular complexity index is 702. The third-order valence-corrected chi connectivity index (χ3v) is 3.87. The molecule has 5 N–H and O–H groups in total. The summed E-state index contributed by atoms with van der Waals surface area (Å²) in [6.45, 7) is 0.600. The number of nitrogens with zero attached hydrogens (tertiary/aromatic N) is 1. The molecule has 0 aliphatic heterocycles. The molecule has 1 atom stereocenters. The number of hydrogen-bond acceptors (Lipinski definition) is 4. The molecule has 2 aromatic carbocycles. The van der Waals surface area contributed by atoms with Crippen LogP contribution in [0.4, 0.5) is 0 Å². The normalized spacial score (nSPS) is 11.7. The van der Waals surface area contributed by atoms with Crippen LogP contribution < -0.4 is 11.5 Å². The summed E-state index contributed by atoms with van der Waals surface area (Å²) in [5, 5.41) is 9.32. The van der Waals surface area contributed by atoms with Gasteiger partial charge < -0.3 is 21.5 Å². The number of amides is 2. The number of phenolic OH excluding ortho intramolecular Hbond substituents is 1. The first-order valence-electron chi connectivity index (χ1n) is 8.10. The zero-order chi connectivity index (χ0) is 18.2. The van der Waals surface area contributed by atoms with Crippen molar-refractivity contribution in [3.63, 3.8) is 0 Å². The van der Waals surface area contributed by atoms with E-state index < -0.39 is 11.9 Å². The fourth-order valence-corrected chi connectivity index (χ4v) is 2.52. The van der Waals surface area contributed by atoms with Crippen LogP contribution in [-0.4, -0.2) is 34.4 Å². The first kappa shape index (κ1) is 18.5. The molecular weight excluding hydrogens is 318 g/mol. The minimum atomic E-state index is -0.735. The lowest BCUT2D eigenvalue weighted by Gasteiger charge is -2.25. The van der Waals surface area contributed by atoms with E-state index in [2.05, 4.69) is 0 Å². The van der Waals surface area contributed by atoms with Gasteiger partial charge in [-0.2, -0.15) is 0 Å². The van der Waals surface area contributed by atoms with Crippen molar-refractivity contribution in [3.05, 3.63) is 65.7 Å². The van der Waals surface area contributed by atoms with Gasteiger partial charge in [-0.1, -0.05) is 42.5 Å². The molecule has 6 heteroatoms. The molecule has 0 aliphatic carbocycles. The average molecular weight is 341 g/mol. The predicted octanol–water partition coefficient (Wildman–Crippen LogP) is 1.17. The molecule has 0 saturated heterocycles. The monoisotopic (exact) mass is 341 g/mol. The maximum atomic E-state index is 12.7. The lowest BCUT2D eigenvalue weighted by Crippen LogP contribution is -2.45. The standard InChI is InChI=1S/C19H23N3O3/c20-17(12-14-6-8-16(23)9-7-14)19(25)22(11-10-18(21)24)13-15-4-2-1-3-5-15/h1-9,17,23H,10-13,20H2,(H2,21,24). The Balaban J connectivity index is 2.06. The Hall–Kier alpha value is -2.86. The van der Waals surface area contributed by atoms with Crippen LogP contribution in [0.15, 0.2) is 54.6 Å². The van der Waals surface area contributed by atoms with Crippen LogP contribution in [0.1, 0.15) is 17.5 Å². The fourth-order valence-electron chi connectivity index (χ4n) is 2.52. The van der Waals surface area contributed by atoms with Gasteiger partial charge in [0.2, 0.25) is 11.8 Å². The summed E-state index contributed by atoms with van der Waals surface area (Å²) in [6.07, 6.45) is 0.436. The van der Waals surface area contributed by atoms with Gasteiger partial charge in [-0.25, -0.2) is 0 Å². The highest BCUT2D eigenvalue weighted by molar-refractivity contribution is 5.83. The minimum absolute atomic E-state index is 0.0878. The molecule has 132 valence electrons. The van der Waals surface area contributed by atoms with E-state index in [4.69, 9.17) is 11.5 Å². The maximum absolute atomic E-state index is 12.7. The van der Waals surface area contributed by atoms with E-state index in [1.807, 2.05) is 30.3 Å². The average Bonchev–Trinajstić information content (AvgIpc) is 2.60. The first-order valence-corrected chi connectivity index (χ1v) is 8.10. The van der Waals surface area contributed by atoms with Crippen LogP contribution in [0.25, 0.3) is 0 Å². The summed E-state index contributed by atoms with van der Waals surface area (Å²) >= 11 is 0. The van der Waals surface area contributed by atoms with E-state index in [9.17, 15) is 14.7 Å². The van der Waals surface area contributed by atoms with Crippen LogP contribution in [0.5, 0.6) is 5.75 Å². The number of carbonyl (C=O) groups is 2. The Morgan fingerprint density at radius 1 is 1.00 bits per heavy atom. The fraction of sp³-hybridized carbons (Fsp3) is 0.263. The second-order valence-corrected chi connectivity index (χ2v) is 5.94. The van der Waals surface area contributed by atoms with Gasteiger partial charge in [0.05, 0.1) is 6.04 Å². The zero-order valence-electron chi connectivity index (χ0n) is 14.0. The van der Waals surface area contributed by atoms with Gasteiger partial charge in [-0.05, 0) is 29.7 Å². The number of phenols is 1. The van der Waals surface area contributed by atoms with E-state index in [1.54, 1.807) is 29.2 Å². The van der Waals surface area contributed by atoms with E-state index in [0.29, 0.717) is 13.0 Å². The highest BCUT2D eigenvalue weighted by atomic mass is 16.3. The van der Waals surface area contributed by atoms with Crippen molar-refractivity contribution in [1.29, 1.82) is 0 Å². The third kappa shape index (κ3) is 5.93. The predicted molar refractivity (Wildman–Crippen MR) is 95.5 cm³/mol. The SMILES string of the molecule is NC(=O)CCN(Cc1ccccc1)C(=O)C(N)Cc1ccc(O)cc1. The summed E-state index contributed by atoms with van der Waals surface area (Å²) in [5.74, 6) is -0.535. The lowest BCUT2D eigenvalue weighted by atomic mass is 10.0. The largest absolute Gasteiger partial charge is 0.508 e. The van der Waals surface area contributed by atoms with Crippen molar-refractivity contribution in [3.8, 4) is 5.75 Å². The lowest BCUT2D eigenvalue weighted by molar-refractivity contribution is -0.133. The van der Waals surface area contributed by atoms with E-state index in [-0.39, 0.29) is 24.6 Å². The Kier molecular flexibility index (Phi) is 6.54. The molecule has 0 saturated carbocycles. The topological polar surface area (TPSA) is 110 Å². The van der Waals surface area contributed by atoms with Crippen LogP contribution in [-0.2, 0) is 22.6 Å². The van der Waals surface area contributed by atoms with Crippen molar-refractivity contribution < 1.29 is 14.7 Å². The van der Waals surface area contributed by atoms with Crippen LogP contribution in [0, 0.1) is 0 Å². The van der Waals surface area contributed by atoms with E-state index >= 15 is 0 Å². The molecule has 25 heavy (non-hydrogen) atoms. The minimum Gasteiger partial charge on any atom is -0.508 e. The summed E-state index contributed by atoms with van der Waals surface area (Å²) in [5.41, 5.74) is 13.1. The number of benzene rings is 2. The zero-order valence-corrected chi connectivity index (χ0v) is 14.0. The van der Waals surface area contributed by atoms with Crippen LogP contribution in [0.3, 0.4) is 0 Å². The molecule has 0 fully saturated rings. The first-order chi connectivity index (χ1) is 12.0. The van der Waals surface area contributed by atoms with Gasteiger partial charge in [0.15, 0.2) is 0 Å². The summed E-state index contributed by atoms with van der Waals surface area (Å²) in [7, 11) is 0. The number of aromatic hydroxyl groups is 1. The molecule has 0 spiro atoms. The highest BCUT2D eigenvalue weighted by Crippen LogP contribution is 2.13. The molecule has 2 aromatic rings. The second-order valence-electron chi connectivity index (χ2n) is 5.94. The summed E-state index contributed by atoms with van der Waals surface area (Å²) in [6, 6.07) is 15.3. The van der Waals surface area contributed by atoms with Gasteiger partial charge in [0.1, 0.15) is 5.75 Å². The van der Waals surface area contributed by atoms with Crippen molar-refractivity contribution >= 4 is 11.8 Å². The molecule has 6 nitrogen and oxygen atoms in total. The number of carbonyl (C=O) groups excluding carboxylic acids is 2. The maximum Gasteiger partial charge on any atom is 0.240 e. The molecule has 0 aromatic heterocycles. The third-order valence-electron chi connectivity index (χ3n) is 3.87. The van der Waals surface area contributed by atoms with Gasteiger partial charge >= 0.3 is 0 Å². The molecule has 2 amide bonds. The van der Waals surface area contributed by atoms with Gasteiger partial charge in [0, 0.05) is 19.5 Å². The molecule has 0 bridgehead atoms. The van der Waals surface area contributed by atoms with Gasteiger partial charge in [-0.15, -0.1) is 0 Å². The van der Waals surface area contributed by atoms with Crippen LogP contribution in [0.2, 0.25) is 0 Å². The van der Waals surface area contributed by atoms with E-state index in [0.717, 1.165) is 11.1 Å². The molecule has 0 aliphatic rings. The van der Waals surface area contributed by atoms with Gasteiger partial charge in [0.25, 0.3) is 0 Å².